The molecule has 1 aromatic rings. The second-order valence-electron chi connectivity index (χ2n) is 4.03. The first-order valence-corrected chi connectivity index (χ1v) is 5.54. The zero-order valence-electron chi connectivity index (χ0n) is 9.13. The van der Waals surface area contributed by atoms with Crippen molar-refractivity contribution >= 4 is 17.4 Å². The number of halogens is 1. The van der Waals surface area contributed by atoms with Gasteiger partial charge in [-0.3, -0.25) is 4.79 Å². The normalized spacial score (nSPS) is 20.2. The summed E-state index contributed by atoms with van der Waals surface area (Å²) in [5.74, 6) is 1.05. The number of hydrogen-bond donors (Lipinski definition) is 0. The van der Waals surface area contributed by atoms with Crippen LogP contribution in [-0.4, -0.2) is 12.9 Å². The van der Waals surface area contributed by atoms with Gasteiger partial charge in [-0.25, -0.2) is 0 Å². The summed E-state index contributed by atoms with van der Waals surface area (Å²) in [6.07, 6.45) is 1.28. The van der Waals surface area contributed by atoms with Gasteiger partial charge in [0.05, 0.1) is 12.1 Å². The van der Waals surface area contributed by atoms with Crippen LogP contribution in [0.4, 0.5) is 0 Å². The molecule has 1 saturated carbocycles. The van der Waals surface area contributed by atoms with Crippen molar-refractivity contribution in [3.8, 4) is 5.75 Å². The smallest absolute Gasteiger partial charge is 0.158 e. The maximum Gasteiger partial charge on any atom is 0.158 e. The van der Waals surface area contributed by atoms with E-state index in [1.165, 1.54) is 0 Å². The van der Waals surface area contributed by atoms with E-state index in [9.17, 15) is 4.79 Å². The van der Waals surface area contributed by atoms with E-state index in [0.29, 0.717) is 17.2 Å². The fraction of sp³-hybridized carbons (Fsp3) is 0.308. The molecule has 0 aliphatic heterocycles. The topological polar surface area (TPSA) is 26.3 Å². The van der Waals surface area contributed by atoms with Gasteiger partial charge in [-0.15, -0.1) is 0 Å². The van der Waals surface area contributed by atoms with E-state index >= 15 is 0 Å². The lowest BCUT2D eigenvalue weighted by Crippen LogP contribution is -1.95. The first-order valence-electron chi connectivity index (χ1n) is 5.16. The maximum atomic E-state index is 11.4. The summed E-state index contributed by atoms with van der Waals surface area (Å²) in [6.45, 7) is 3.76. The molecule has 1 aromatic carbocycles. The van der Waals surface area contributed by atoms with Gasteiger partial charge in [-0.2, -0.15) is 0 Å². The van der Waals surface area contributed by atoms with Gasteiger partial charge in [0.1, 0.15) is 5.75 Å². The van der Waals surface area contributed by atoms with Gasteiger partial charge in [0.2, 0.25) is 0 Å². The van der Waals surface area contributed by atoms with E-state index in [4.69, 9.17) is 16.3 Å². The maximum absolute atomic E-state index is 11.4. The number of carbonyl (C=O) groups is 1. The van der Waals surface area contributed by atoms with Crippen LogP contribution in [-0.2, 0) is 4.79 Å². The van der Waals surface area contributed by atoms with E-state index < -0.39 is 0 Å². The zero-order valence-corrected chi connectivity index (χ0v) is 9.88. The van der Waals surface area contributed by atoms with Gasteiger partial charge >= 0.3 is 0 Å². The second-order valence-corrected chi connectivity index (χ2v) is 4.43. The number of carbonyl (C=O) groups excluding carboxylic acids is 1. The molecule has 0 heterocycles. The predicted molar refractivity (Wildman–Crippen MR) is 64.1 cm³/mol. The van der Waals surface area contributed by atoms with Crippen molar-refractivity contribution in [3.63, 3.8) is 0 Å². The molecule has 1 atom stereocenters. The molecule has 84 valence electrons. The van der Waals surface area contributed by atoms with Gasteiger partial charge in [-0.05, 0) is 35.6 Å². The van der Waals surface area contributed by atoms with E-state index in [1.54, 1.807) is 7.11 Å². The SMILES string of the molecule is C=C1CC(c2ccc(OC)c(Cl)c2)CC1=O. The average molecular weight is 237 g/mol. The third kappa shape index (κ3) is 1.98. The summed E-state index contributed by atoms with van der Waals surface area (Å²) in [6, 6.07) is 5.67. The summed E-state index contributed by atoms with van der Waals surface area (Å²) in [7, 11) is 1.59. The molecule has 1 fully saturated rings. The quantitative estimate of drug-likeness (QED) is 0.736. The first kappa shape index (κ1) is 11.2. The van der Waals surface area contributed by atoms with Crippen molar-refractivity contribution in [1.29, 1.82) is 0 Å². The number of ketones is 1. The molecule has 0 radical (unpaired) electrons. The summed E-state index contributed by atoms with van der Waals surface area (Å²) in [5, 5.41) is 0.588. The second kappa shape index (κ2) is 4.30. The lowest BCUT2D eigenvalue weighted by atomic mass is 9.97. The average Bonchev–Trinajstić information content (AvgIpc) is 2.59. The number of allylic oxidation sites excluding steroid dienone is 1. The molecule has 0 aromatic heterocycles. The third-order valence-electron chi connectivity index (χ3n) is 2.97. The van der Waals surface area contributed by atoms with E-state index in [0.717, 1.165) is 17.6 Å². The molecule has 1 aliphatic rings. The Bertz CT molecular complexity index is 435. The highest BCUT2D eigenvalue weighted by atomic mass is 35.5. The van der Waals surface area contributed by atoms with Crippen molar-refractivity contribution in [2.24, 2.45) is 0 Å². The molecule has 16 heavy (non-hydrogen) atoms. The Morgan fingerprint density at radius 3 is 2.69 bits per heavy atom. The van der Waals surface area contributed by atoms with Crippen LogP contribution in [0.25, 0.3) is 0 Å². The van der Waals surface area contributed by atoms with Gasteiger partial charge in [-0.1, -0.05) is 24.2 Å². The van der Waals surface area contributed by atoms with Crippen molar-refractivity contribution in [1.82, 2.24) is 0 Å². The van der Waals surface area contributed by atoms with Gasteiger partial charge in [0.15, 0.2) is 5.78 Å². The summed E-state index contributed by atoms with van der Waals surface area (Å²) < 4.78 is 5.09. The van der Waals surface area contributed by atoms with E-state index in [-0.39, 0.29) is 11.7 Å². The largest absolute Gasteiger partial charge is 0.495 e. The zero-order chi connectivity index (χ0) is 11.7. The minimum atomic E-state index is 0.164. The number of methoxy groups -OCH3 is 1. The van der Waals surface area contributed by atoms with Gasteiger partial charge < -0.3 is 4.74 Å². The van der Waals surface area contributed by atoms with Crippen LogP contribution in [0.1, 0.15) is 24.3 Å². The fourth-order valence-corrected chi connectivity index (χ4v) is 2.29. The minimum Gasteiger partial charge on any atom is -0.495 e. The van der Waals surface area contributed by atoms with E-state index in [2.05, 4.69) is 6.58 Å². The Morgan fingerprint density at radius 2 is 2.19 bits per heavy atom. The third-order valence-corrected chi connectivity index (χ3v) is 3.26. The van der Waals surface area contributed by atoms with E-state index in [1.807, 2.05) is 18.2 Å². The summed E-state index contributed by atoms with van der Waals surface area (Å²) in [4.78, 5) is 11.4. The van der Waals surface area contributed by atoms with Crippen molar-refractivity contribution in [2.45, 2.75) is 18.8 Å². The molecule has 2 rings (SSSR count). The Morgan fingerprint density at radius 1 is 1.44 bits per heavy atom. The Labute approximate surface area is 99.9 Å². The number of benzene rings is 1. The monoisotopic (exact) mass is 236 g/mol. The Hall–Kier alpha value is -1.28. The fourth-order valence-electron chi connectivity index (χ4n) is 2.02. The molecule has 2 nitrogen and oxygen atoms in total. The highest BCUT2D eigenvalue weighted by Crippen LogP contribution is 2.37. The summed E-state index contributed by atoms with van der Waals surface area (Å²) >= 11 is 6.05. The molecule has 0 saturated heterocycles. The summed E-state index contributed by atoms with van der Waals surface area (Å²) in [5.41, 5.74) is 1.80. The van der Waals surface area contributed by atoms with Crippen LogP contribution < -0.4 is 4.74 Å². The van der Waals surface area contributed by atoms with Crippen LogP contribution in [0.15, 0.2) is 30.4 Å². The predicted octanol–water partition coefficient (Wildman–Crippen LogP) is 3.35. The lowest BCUT2D eigenvalue weighted by molar-refractivity contribution is -0.114. The van der Waals surface area contributed by atoms with Crippen molar-refractivity contribution in [3.05, 3.63) is 40.9 Å². The van der Waals surface area contributed by atoms with Crippen LogP contribution in [0.5, 0.6) is 5.75 Å². The molecular weight excluding hydrogens is 224 g/mol. The number of Topliss-reactive ketones (excluding diaryl/α,β-unsaturated/α-hetero) is 1. The highest BCUT2D eigenvalue weighted by Gasteiger charge is 2.27. The molecule has 0 spiro atoms. The first-order chi connectivity index (χ1) is 7.61. The van der Waals surface area contributed by atoms with Crippen LogP contribution in [0.3, 0.4) is 0 Å². The minimum absolute atomic E-state index is 0.164. The van der Waals surface area contributed by atoms with Gasteiger partial charge in [0, 0.05) is 6.42 Å². The molecule has 1 aliphatic carbocycles. The molecule has 3 heteroatoms. The van der Waals surface area contributed by atoms with Gasteiger partial charge in [0.25, 0.3) is 0 Å². The highest BCUT2D eigenvalue weighted by molar-refractivity contribution is 6.32. The number of ether oxygens (including phenoxy) is 1. The van der Waals surface area contributed by atoms with Crippen LogP contribution in [0, 0.1) is 0 Å². The van der Waals surface area contributed by atoms with Crippen LogP contribution in [0.2, 0.25) is 5.02 Å². The van der Waals surface area contributed by atoms with Crippen LogP contribution >= 0.6 is 11.6 Å². The molecule has 0 bridgehead atoms. The Kier molecular flexibility index (Phi) is 3.01. The molecule has 1 unspecified atom stereocenters. The van der Waals surface area contributed by atoms with Crippen molar-refractivity contribution < 1.29 is 9.53 Å². The number of rotatable bonds is 2. The number of hydrogen-bond acceptors (Lipinski definition) is 2. The standard InChI is InChI=1S/C13H13ClO2/c1-8-5-10(7-12(8)15)9-3-4-13(16-2)11(14)6-9/h3-4,6,10H,1,5,7H2,2H3. The lowest BCUT2D eigenvalue weighted by Gasteiger charge is -2.10. The molecular formula is C13H13ClO2. The molecule has 0 amide bonds. The van der Waals surface area contributed by atoms with Crippen molar-refractivity contribution in [2.75, 3.05) is 7.11 Å². The molecule has 0 N–H and O–H groups in total. The Balaban J connectivity index is 2.26.